The number of nitrogens with two attached hydrogens (primary N) is 1. The number of fused-ring (bicyclic) bond motifs is 1. The van der Waals surface area contributed by atoms with Gasteiger partial charge in [0, 0.05) is 17.3 Å². The normalized spacial score (nSPS) is 17.1. The molecule has 22 heavy (non-hydrogen) atoms. The summed E-state index contributed by atoms with van der Waals surface area (Å²) in [6, 6.07) is 1.45. The van der Waals surface area contributed by atoms with E-state index >= 15 is 0 Å². The average molecular weight is 327 g/mol. The zero-order valence-corrected chi connectivity index (χ0v) is 12.1. The molecule has 4 nitrogen and oxygen atoms in total. The first-order chi connectivity index (χ1) is 10.5. The van der Waals surface area contributed by atoms with Crippen LogP contribution in [0.5, 0.6) is 0 Å². The maximum Gasteiger partial charge on any atom is 0.254 e. The fourth-order valence-corrected chi connectivity index (χ4v) is 3.44. The summed E-state index contributed by atoms with van der Waals surface area (Å²) < 4.78 is 39.7. The van der Waals surface area contributed by atoms with Gasteiger partial charge in [0.05, 0.1) is 11.3 Å². The van der Waals surface area contributed by atoms with Crippen molar-refractivity contribution in [1.29, 1.82) is 0 Å². The van der Waals surface area contributed by atoms with Crippen LogP contribution in [0.2, 0.25) is 0 Å². The van der Waals surface area contributed by atoms with E-state index in [0.29, 0.717) is 24.4 Å². The Hall–Kier alpha value is -2.09. The van der Waals surface area contributed by atoms with E-state index in [1.54, 1.807) is 0 Å². The highest BCUT2D eigenvalue weighted by atomic mass is 32.1. The highest BCUT2D eigenvalue weighted by Gasteiger charge is 2.25. The number of halogens is 3. The Morgan fingerprint density at radius 3 is 2.86 bits per heavy atom. The summed E-state index contributed by atoms with van der Waals surface area (Å²) in [5.74, 6) is -5.20. The molecule has 3 rings (SSSR count). The number of amides is 1. The predicted octanol–water partition coefficient (Wildman–Crippen LogP) is 2.43. The van der Waals surface area contributed by atoms with Crippen molar-refractivity contribution >= 4 is 22.4 Å². The minimum Gasteiger partial charge on any atom is -0.375 e. The molecule has 0 spiro atoms. The van der Waals surface area contributed by atoms with Crippen LogP contribution < -0.4 is 11.1 Å². The van der Waals surface area contributed by atoms with E-state index in [1.807, 2.05) is 0 Å². The van der Waals surface area contributed by atoms with Crippen LogP contribution in [0.25, 0.3) is 0 Å². The first-order valence-corrected chi connectivity index (χ1v) is 7.45. The Morgan fingerprint density at radius 1 is 1.32 bits per heavy atom. The first-order valence-electron chi connectivity index (χ1n) is 6.64. The summed E-state index contributed by atoms with van der Waals surface area (Å²) in [5.41, 5.74) is 6.06. The van der Waals surface area contributed by atoms with Crippen molar-refractivity contribution in [3.8, 4) is 0 Å². The van der Waals surface area contributed by atoms with E-state index in [4.69, 9.17) is 5.73 Å². The second-order valence-corrected chi connectivity index (χ2v) is 6.17. The van der Waals surface area contributed by atoms with Gasteiger partial charge in [-0.25, -0.2) is 18.2 Å². The van der Waals surface area contributed by atoms with E-state index in [0.717, 1.165) is 22.7 Å². The maximum absolute atomic E-state index is 13.6. The third kappa shape index (κ3) is 2.66. The van der Waals surface area contributed by atoms with Gasteiger partial charge in [-0.3, -0.25) is 4.79 Å². The molecule has 0 saturated heterocycles. The molecule has 3 N–H and O–H groups in total. The van der Waals surface area contributed by atoms with Crippen molar-refractivity contribution in [2.45, 2.75) is 25.3 Å². The fourth-order valence-electron chi connectivity index (χ4n) is 2.48. The molecule has 1 aromatic carbocycles. The van der Waals surface area contributed by atoms with Gasteiger partial charge in [-0.1, -0.05) is 0 Å². The monoisotopic (exact) mass is 327 g/mol. The van der Waals surface area contributed by atoms with Gasteiger partial charge in [0.1, 0.15) is 0 Å². The number of carbonyl (C=O) groups is 1. The molecule has 0 bridgehead atoms. The second kappa shape index (κ2) is 5.60. The largest absolute Gasteiger partial charge is 0.375 e. The van der Waals surface area contributed by atoms with Crippen LogP contribution in [0, 0.1) is 17.5 Å². The number of carbonyl (C=O) groups excluding carboxylic acids is 1. The van der Waals surface area contributed by atoms with Crippen molar-refractivity contribution < 1.29 is 18.0 Å². The quantitative estimate of drug-likeness (QED) is 0.833. The number of anilines is 1. The number of aromatic nitrogens is 1. The Kier molecular flexibility index (Phi) is 3.78. The molecule has 1 aromatic heterocycles. The summed E-state index contributed by atoms with van der Waals surface area (Å²) in [7, 11) is 0. The van der Waals surface area contributed by atoms with Gasteiger partial charge in [0.2, 0.25) is 0 Å². The van der Waals surface area contributed by atoms with Crippen LogP contribution in [0.4, 0.5) is 18.3 Å². The molecule has 2 aromatic rings. The van der Waals surface area contributed by atoms with Gasteiger partial charge in [0.15, 0.2) is 22.6 Å². The van der Waals surface area contributed by atoms with E-state index in [2.05, 4.69) is 10.3 Å². The maximum atomic E-state index is 13.6. The molecule has 8 heteroatoms. The van der Waals surface area contributed by atoms with Crippen molar-refractivity contribution in [1.82, 2.24) is 10.3 Å². The minimum absolute atomic E-state index is 0.215. The fraction of sp³-hybridized carbons (Fsp3) is 0.286. The van der Waals surface area contributed by atoms with Crippen molar-refractivity contribution in [2.24, 2.45) is 0 Å². The smallest absolute Gasteiger partial charge is 0.254 e. The molecule has 1 aliphatic carbocycles. The van der Waals surface area contributed by atoms with Gasteiger partial charge in [0.25, 0.3) is 5.91 Å². The lowest BCUT2D eigenvalue weighted by Crippen LogP contribution is -2.39. The van der Waals surface area contributed by atoms with Gasteiger partial charge >= 0.3 is 0 Å². The minimum atomic E-state index is -1.64. The van der Waals surface area contributed by atoms with E-state index < -0.39 is 28.9 Å². The lowest BCUT2D eigenvalue weighted by molar-refractivity contribution is 0.0928. The molecule has 0 aliphatic heterocycles. The topological polar surface area (TPSA) is 68.0 Å². The Morgan fingerprint density at radius 2 is 2.09 bits per heavy atom. The Bertz CT molecular complexity index is 747. The molecular formula is C14H12F3N3OS. The summed E-state index contributed by atoms with van der Waals surface area (Å²) in [5, 5.41) is 3.12. The second-order valence-electron chi connectivity index (χ2n) is 5.06. The van der Waals surface area contributed by atoms with E-state index in [1.165, 1.54) is 11.3 Å². The van der Waals surface area contributed by atoms with Crippen molar-refractivity contribution in [3.63, 3.8) is 0 Å². The lowest BCUT2D eigenvalue weighted by atomic mass is 9.97. The Balaban J connectivity index is 1.74. The number of hydrogen-bond donors (Lipinski definition) is 2. The van der Waals surface area contributed by atoms with Crippen LogP contribution in [-0.2, 0) is 12.8 Å². The Labute approximate surface area is 128 Å². The van der Waals surface area contributed by atoms with Crippen LogP contribution in [0.1, 0.15) is 27.3 Å². The SMILES string of the molecule is Nc1nc2c(s1)CC(NC(=O)c1ccc(F)c(F)c1F)CC2. The molecule has 0 saturated carbocycles. The number of aryl methyl sites for hydroxylation is 1. The highest BCUT2D eigenvalue weighted by molar-refractivity contribution is 7.15. The summed E-state index contributed by atoms with van der Waals surface area (Å²) in [4.78, 5) is 17.2. The molecular weight excluding hydrogens is 315 g/mol. The summed E-state index contributed by atoms with van der Waals surface area (Å²) >= 11 is 1.36. The molecule has 116 valence electrons. The molecule has 1 heterocycles. The molecule has 1 atom stereocenters. The number of hydrogen-bond acceptors (Lipinski definition) is 4. The first kappa shape index (κ1) is 14.8. The number of nitrogen functional groups attached to an aromatic ring is 1. The molecule has 1 amide bonds. The van der Waals surface area contributed by atoms with Crippen LogP contribution in [0.3, 0.4) is 0 Å². The number of rotatable bonds is 2. The van der Waals surface area contributed by atoms with Gasteiger partial charge < -0.3 is 11.1 Å². The molecule has 1 unspecified atom stereocenters. The molecule has 1 aliphatic rings. The van der Waals surface area contributed by atoms with Gasteiger partial charge in [-0.05, 0) is 25.0 Å². The number of benzene rings is 1. The van der Waals surface area contributed by atoms with E-state index in [-0.39, 0.29) is 6.04 Å². The third-order valence-electron chi connectivity index (χ3n) is 3.57. The van der Waals surface area contributed by atoms with Crippen LogP contribution in [-0.4, -0.2) is 16.9 Å². The summed E-state index contributed by atoms with van der Waals surface area (Å²) in [6.07, 6.45) is 1.84. The van der Waals surface area contributed by atoms with Crippen molar-refractivity contribution in [2.75, 3.05) is 5.73 Å². The van der Waals surface area contributed by atoms with Gasteiger partial charge in [-0.15, -0.1) is 11.3 Å². The number of nitrogens with zero attached hydrogens (tertiary/aromatic N) is 1. The molecule has 0 fully saturated rings. The zero-order valence-electron chi connectivity index (χ0n) is 11.3. The third-order valence-corrected chi connectivity index (χ3v) is 4.52. The standard InChI is InChI=1S/C14H12F3N3OS/c15-8-3-2-7(11(16)12(8)17)13(21)19-6-1-4-9-10(5-6)22-14(18)20-9/h2-3,6H,1,4-5H2,(H2,18,20)(H,19,21). The van der Waals surface area contributed by atoms with Crippen LogP contribution >= 0.6 is 11.3 Å². The zero-order chi connectivity index (χ0) is 15.9. The summed E-state index contributed by atoms with van der Waals surface area (Å²) in [6.45, 7) is 0. The predicted molar refractivity (Wildman–Crippen MR) is 76.1 cm³/mol. The van der Waals surface area contributed by atoms with Crippen molar-refractivity contribution in [3.05, 3.63) is 45.7 Å². The van der Waals surface area contributed by atoms with E-state index in [9.17, 15) is 18.0 Å². The molecule has 0 radical (unpaired) electrons. The van der Waals surface area contributed by atoms with Gasteiger partial charge in [-0.2, -0.15) is 0 Å². The number of nitrogens with one attached hydrogen (secondary N) is 1. The highest BCUT2D eigenvalue weighted by Crippen LogP contribution is 2.28. The number of thiazole rings is 1. The average Bonchev–Trinajstić information content (AvgIpc) is 2.84. The van der Waals surface area contributed by atoms with Crippen LogP contribution in [0.15, 0.2) is 12.1 Å². The lowest BCUT2D eigenvalue weighted by Gasteiger charge is -2.22.